The zero-order valence-electron chi connectivity index (χ0n) is 13.1. The summed E-state index contributed by atoms with van der Waals surface area (Å²) in [5, 5.41) is 11.6. The highest BCUT2D eigenvalue weighted by molar-refractivity contribution is 7.89. The van der Waals surface area contributed by atoms with Gasteiger partial charge >= 0.3 is 0 Å². The summed E-state index contributed by atoms with van der Waals surface area (Å²) in [7, 11) is -3.92. The molecule has 0 heterocycles. The molecule has 0 saturated carbocycles. The Morgan fingerprint density at radius 2 is 1.79 bits per heavy atom. The number of nitrogens with zero attached hydrogens (tertiary/aromatic N) is 1. The lowest BCUT2D eigenvalue weighted by Gasteiger charge is -2.09. The number of hydrogen-bond acceptors (Lipinski definition) is 4. The fraction of sp³-hybridized carbons (Fsp3) is 0.176. The van der Waals surface area contributed by atoms with E-state index in [2.05, 4.69) is 10.0 Å². The van der Waals surface area contributed by atoms with E-state index in [-0.39, 0.29) is 10.5 Å². The molecule has 2 aromatic rings. The fourth-order valence-corrected chi connectivity index (χ4v) is 3.14. The van der Waals surface area contributed by atoms with Crippen LogP contribution in [0.4, 0.5) is 0 Å². The Labute approximate surface area is 141 Å². The Morgan fingerprint density at radius 1 is 1.12 bits per heavy atom. The molecule has 0 bridgehead atoms. The van der Waals surface area contributed by atoms with Crippen molar-refractivity contribution in [2.45, 2.75) is 18.4 Å². The summed E-state index contributed by atoms with van der Waals surface area (Å²) in [4.78, 5) is 11.7. The van der Waals surface area contributed by atoms with Crippen molar-refractivity contribution >= 4 is 15.9 Å². The molecule has 2 N–H and O–H groups in total. The van der Waals surface area contributed by atoms with Crippen LogP contribution in [-0.2, 0) is 21.4 Å². The van der Waals surface area contributed by atoms with Gasteiger partial charge in [0.25, 0.3) is 0 Å². The Morgan fingerprint density at radius 3 is 2.46 bits per heavy atom. The minimum atomic E-state index is -3.92. The van der Waals surface area contributed by atoms with Crippen molar-refractivity contribution in [3.05, 3.63) is 65.2 Å². The van der Waals surface area contributed by atoms with E-state index in [0.29, 0.717) is 6.54 Å². The van der Waals surface area contributed by atoms with Crippen LogP contribution in [0.25, 0.3) is 0 Å². The molecule has 0 aliphatic rings. The van der Waals surface area contributed by atoms with Gasteiger partial charge in [-0.25, -0.2) is 13.1 Å². The van der Waals surface area contributed by atoms with E-state index in [1.165, 1.54) is 18.2 Å². The number of rotatable bonds is 6. The highest BCUT2D eigenvalue weighted by Gasteiger charge is 2.18. The quantitative estimate of drug-likeness (QED) is 0.829. The molecule has 0 radical (unpaired) electrons. The van der Waals surface area contributed by atoms with Crippen molar-refractivity contribution in [3.63, 3.8) is 0 Å². The zero-order valence-corrected chi connectivity index (χ0v) is 13.9. The second-order valence-corrected chi connectivity index (χ2v) is 6.93. The molecular weight excluding hydrogens is 326 g/mol. The van der Waals surface area contributed by atoms with Gasteiger partial charge in [0.2, 0.25) is 15.9 Å². The van der Waals surface area contributed by atoms with Gasteiger partial charge in [-0.3, -0.25) is 4.79 Å². The number of carbonyl (C=O) groups excluding carboxylic acids is 1. The molecule has 6 nitrogen and oxygen atoms in total. The van der Waals surface area contributed by atoms with E-state index in [1.54, 1.807) is 6.07 Å². The maximum atomic E-state index is 12.2. The smallest absolute Gasteiger partial charge is 0.242 e. The van der Waals surface area contributed by atoms with Crippen LogP contribution in [0.15, 0.2) is 53.4 Å². The third kappa shape index (κ3) is 4.65. The summed E-state index contributed by atoms with van der Waals surface area (Å²) in [5.74, 6) is -0.450. The van der Waals surface area contributed by atoms with E-state index >= 15 is 0 Å². The number of carbonyl (C=O) groups is 1. The predicted molar refractivity (Wildman–Crippen MR) is 89.4 cm³/mol. The lowest BCUT2D eigenvalue weighted by Crippen LogP contribution is -2.36. The average Bonchev–Trinajstić information content (AvgIpc) is 2.59. The first kappa shape index (κ1) is 17.7. The summed E-state index contributed by atoms with van der Waals surface area (Å²) in [6.07, 6.45) is 0. The average molecular weight is 343 g/mol. The van der Waals surface area contributed by atoms with Gasteiger partial charge in [0.05, 0.1) is 17.0 Å². The molecule has 0 spiro atoms. The molecule has 124 valence electrons. The van der Waals surface area contributed by atoms with Crippen molar-refractivity contribution < 1.29 is 13.2 Å². The van der Waals surface area contributed by atoms with Gasteiger partial charge in [-0.1, -0.05) is 42.0 Å². The lowest BCUT2D eigenvalue weighted by molar-refractivity contribution is -0.120. The molecule has 7 heteroatoms. The first-order valence-corrected chi connectivity index (χ1v) is 8.72. The summed E-state index contributed by atoms with van der Waals surface area (Å²) in [5.41, 5.74) is 2.07. The number of nitriles is 1. The Balaban J connectivity index is 1.93. The summed E-state index contributed by atoms with van der Waals surface area (Å²) in [6.45, 7) is 1.89. The molecule has 0 aliphatic heterocycles. The molecule has 0 saturated heterocycles. The Hall–Kier alpha value is -2.69. The van der Waals surface area contributed by atoms with Crippen LogP contribution >= 0.6 is 0 Å². The van der Waals surface area contributed by atoms with Crippen LogP contribution < -0.4 is 10.0 Å². The second kappa shape index (κ2) is 7.73. The number of benzene rings is 2. The second-order valence-electron chi connectivity index (χ2n) is 5.19. The number of hydrogen-bond donors (Lipinski definition) is 2. The summed E-state index contributed by atoms with van der Waals surface area (Å²) < 4.78 is 26.6. The maximum absolute atomic E-state index is 12.2. The van der Waals surface area contributed by atoms with Gasteiger partial charge in [0, 0.05) is 6.54 Å². The normalized spacial score (nSPS) is 10.8. The van der Waals surface area contributed by atoms with Crippen molar-refractivity contribution in [1.82, 2.24) is 10.0 Å². The molecule has 0 aromatic heterocycles. The topological polar surface area (TPSA) is 99.1 Å². The summed E-state index contributed by atoms with van der Waals surface area (Å²) in [6, 6.07) is 15.3. The van der Waals surface area contributed by atoms with Crippen LogP contribution in [-0.4, -0.2) is 20.9 Å². The number of nitrogens with one attached hydrogen (secondary N) is 2. The zero-order chi connectivity index (χ0) is 17.6. The van der Waals surface area contributed by atoms with Gasteiger partial charge in [-0.15, -0.1) is 0 Å². The van der Waals surface area contributed by atoms with Crippen molar-refractivity contribution in [1.29, 1.82) is 5.26 Å². The van der Waals surface area contributed by atoms with Crippen LogP contribution in [0.1, 0.15) is 16.7 Å². The molecular formula is C17H17N3O3S. The first-order valence-electron chi connectivity index (χ1n) is 7.23. The Kier molecular flexibility index (Phi) is 5.68. The van der Waals surface area contributed by atoms with Crippen molar-refractivity contribution in [3.8, 4) is 6.07 Å². The van der Waals surface area contributed by atoms with E-state index in [9.17, 15) is 13.2 Å². The standard InChI is InChI=1S/C17H17N3O3S/c1-13-6-8-14(9-7-13)11-19-17(21)12-20-24(22,23)16-5-3-2-4-15(16)10-18/h2-9,20H,11-12H2,1H3,(H,19,21). The number of amides is 1. The highest BCUT2D eigenvalue weighted by atomic mass is 32.2. The van der Waals surface area contributed by atoms with Crippen LogP contribution in [0.3, 0.4) is 0 Å². The minimum absolute atomic E-state index is 0.0325. The Bertz CT molecular complexity index is 869. The van der Waals surface area contributed by atoms with E-state index in [4.69, 9.17) is 5.26 Å². The lowest BCUT2D eigenvalue weighted by atomic mass is 10.1. The monoisotopic (exact) mass is 343 g/mol. The van der Waals surface area contributed by atoms with Gasteiger partial charge in [-0.05, 0) is 24.6 Å². The molecule has 24 heavy (non-hydrogen) atoms. The molecule has 1 amide bonds. The van der Waals surface area contributed by atoms with E-state index in [0.717, 1.165) is 11.1 Å². The SMILES string of the molecule is Cc1ccc(CNC(=O)CNS(=O)(=O)c2ccccc2C#N)cc1. The highest BCUT2D eigenvalue weighted by Crippen LogP contribution is 2.13. The summed E-state index contributed by atoms with van der Waals surface area (Å²) >= 11 is 0. The number of aryl methyl sites for hydroxylation is 1. The van der Waals surface area contributed by atoms with Crippen LogP contribution in [0.5, 0.6) is 0 Å². The number of sulfonamides is 1. The van der Waals surface area contributed by atoms with Gasteiger partial charge in [-0.2, -0.15) is 5.26 Å². The van der Waals surface area contributed by atoms with Crippen molar-refractivity contribution in [2.24, 2.45) is 0 Å². The molecule has 2 rings (SSSR count). The van der Waals surface area contributed by atoms with Gasteiger partial charge < -0.3 is 5.32 Å². The molecule has 2 aromatic carbocycles. The van der Waals surface area contributed by atoms with E-state index < -0.39 is 22.5 Å². The first-order chi connectivity index (χ1) is 11.4. The fourth-order valence-electron chi connectivity index (χ4n) is 2.00. The largest absolute Gasteiger partial charge is 0.351 e. The maximum Gasteiger partial charge on any atom is 0.242 e. The molecule has 0 unspecified atom stereocenters. The van der Waals surface area contributed by atoms with E-state index in [1.807, 2.05) is 37.3 Å². The van der Waals surface area contributed by atoms with Crippen LogP contribution in [0, 0.1) is 18.3 Å². The van der Waals surface area contributed by atoms with Gasteiger partial charge in [0.1, 0.15) is 6.07 Å². The van der Waals surface area contributed by atoms with Gasteiger partial charge in [0.15, 0.2) is 0 Å². The minimum Gasteiger partial charge on any atom is -0.351 e. The van der Waals surface area contributed by atoms with Crippen molar-refractivity contribution in [2.75, 3.05) is 6.54 Å². The molecule has 0 atom stereocenters. The predicted octanol–water partition coefficient (Wildman–Crippen LogP) is 1.46. The molecule has 0 fully saturated rings. The third-order valence-corrected chi connectivity index (χ3v) is 4.79. The third-order valence-electron chi connectivity index (χ3n) is 3.33. The van der Waals surface area contributed by atoms with Crippen LogP contribution in [0.2, 0.25) is 0 Å². The molecule has 0 aliphatic carbocycles.